The maximum Gasteiger partial charge on any atom is 0.416 e. The Kier molecular flexibility index (Phi) is 4.09. The van der Waals surface area contributed by atoms with E-state index in [9.17, 15) is 13.2 Å². The fourth-order valence-electron chi connectivity index (χ4n) is 2.42. The van der Waals surface area contributed by atoms with Crippen molar-refractivity contribution >= 4 is 0 Å². The molecule has 0 saturated carbocycles. The highest BCUT2D eigenvalue weighted by Crippen LogP contribution is 2.33. The monoisotopic (exact) mass is 327 g/mol. The number of nitriles is 1. The first kappa shape index (κ1) is 15.8. The van der Waals surface area contributed by atoms with Crippen molar-refractivity contribution in [3.8, 4) is 23.0 Å². The van der Waals surface area contributed by atoms with Crippen LogP contribution in [0.3, 0.4) is 0 Å². The van der Waals surface area contributed by atoms with E-state index in [-0.39, 0.29) is 6.42 Å². The summed E-state index contributed by atoms with van der Waals surface area (Å²) in [4.78, 5) is 0. The van der Waals surface area contributed by atoms with Gasteiger partial charge in [0.15, 0.2) is 0 Å². The summed E-state index contributed by atoms with van der Waals surface area (Å²) >= 11 is 0. The van der Waals surface area contributed by atoms with Crippen LogP contribution in [-0.4, -0.2) is 9.78 Å². The molecule has 1 heterocycles. The van der Waals surface area contributed by atoms with Gasteiger partial charge in [0.05, 0.1) is 29.4 Å². The van der Waals surface area contributed by atoms with E-state index >= 15 is 0 Å². The highest BCUT2D eigenvalue weighted by atomic mass is 19.4. The molecular weight excluding hydrogens is 315 g/mol. The number of benzene rings is 2. The molecule has 0 amide bonds. The average molecular weight is 327 g/mol. The molecular formula is C18H12F3N3. The van der Waals surface area contributed by atoms with E-state index < -0.39 is 11.7 Å². The summed E-state index contributed by atoms with van der Waals surface area (Å²) in [5.74, 6) is 0. The van der Waals surface area contributed by atoms with Crippen LogP contribution in [0.1, 0.15) is 11.1 Å². The van der Waals surface area contributed by atoms with Gasteiger partial charge < -0.3 is 0 Å². The standard InChI is InChI=1S/C18H12F3N3/c19-18(20,21)15-6-4-5-13(11-15)17-14(9-10-22)12-24(23-17)16-7-2-1-3-8-16/h1-8,11-12H,9H2. The Balaban J connectivity index is 2.11. The number of hydrogen-bond acceptors (Lipinski definition) is 2. The Labute approximate surface area is 136 Å². The lowest BCUT2D eigenvalue weighted by Gasteiger charge is -2.08. The van der Waals surface area contributed by atoms with Crippen molar-refractivity contribution < 1.29 is 13.2 Å². The van der Waals surface area contributed by atoms with E-state index in [1.807, 2.05) is 36.4 Å². The second kappa shape index (κ2) is 6.20. The molecule has 0 aliphatic carbocycles. The van der Waals surface area contributed by atoms with Crippen LogP contribution in [0.5, 0.6) is 0 Å². The molecule has 0 aliphatic rings. The van der Waals surface area contributed by atoms with Gasteiger partial charge in [-0.25, -0.2) is 4.68 Å². The van der Waals surface area contributed by atoms with Gasteiger partial charge in [0.25, 0.3) is 0 Å². The normalized spacial score (nSPS) is 11.2. The molecule has 0 spiro atoms. The Bertz CT molecular complexity index is 890. The van der Waals surface area contributed by atoms with E-state index in [0.717, 1.165) is 17.8 Å². The second-order valence-corrected chi connectivity index (χ2v) is 5.20. The van der Waals surface area contributed by atoms with Crippen LogP contribution in [-0.2, 0) is 12.6 Å². The van der Waals surface area contributed by atoms with E-state index in [4.69, 9.17) is 5.26 Å². The minimum Gasteiger partial charge on any atom is -0.240 e. The maximum atomic E-state index is 12.9. The van der Waals surface area contributed by atoms with Crippen LogP contribution in [0.2, 0.25) is 0 Å². The lowest BCUT2D eigenvalue weighted by Crippen LogP contribution is -2.04. The molecule has 0 radical (unpaired) electrons. The van der Waals surface area contributed by atoms with Crippen molar-refractivity contribution in [3.05, 3.63) is 71.9 Å². The van der Waals surface area contributed by atoms with Crippen molar-refractivity contribution in [1.29, 1.82) is 5.26 Å². The third kappa shape index (κ3) is 3.15. The lowest BCUT2D eigenvalue weighted by molar-refractivity contribution is -0.137. The number of hydrogen-bond donors (Lipinski definition) is 0. The number of alkyl halides is 3. The molecule has 3 aromatic rings. The smallest absolute Gasteiger partial charge is 0.240 e. The summed E-state index contributed by atoms with van der Waals surface area (Å²) in [7, 11) is 0. The predicted molar refractivity (Wildman–Crippen MR) is 83.3 cm³/mol. The fraction of sp³-hybridized carbons (Fsp3) is 0.111. The van der Waals surface area contributed by atoms with Gasteiger partial charge in [-0.2, -0.15) is 23.5 Å². The molecule has 0 aliphatic heterocycles. The molecule has 1 aromatic heterocycles. The van der Waals surface area contributed by atoms with Gasteiger partial charge >= 0.3 is 6.18 Å². The third-order valence-electron chi connectivity index (χ3n) is 3.54. The van der Waals surface area contributed by atoms with Gasteiger partial charge in [-0.05, 0) is 24.3 Å². The molecule has 0 N–H and O–H groups in total. The lowest BCUT2D eigenvalue weighted by atomic mass is 10.0. The zero-order valence-electron chi connectivity index (χ0n) is 12.5. The van der Waals surface area contributed by atoms with Crippen molar-refractivity contribution in [1.82, 2.24) is 9.78 Å². The SMILES string of the molecule is N#CCc1cn(-c2ccccc2)nc1-c1cccc(C(F)(F)F)c1. The van der Waals surface area contributed by atoms with Crippen LogP contribution >= 0.6 is 0 Å². The highest BCUT2D eigenvalue weighted by molar-refractivity contribution is 5.64. The van der Waals surface area contributed by atoms with Crippen LogP contribution in [0.15, 0.2) is 60.8 Å². The molecule has 0 saturated heterocycles. The first-order chi connectivity index (χ1) is 11.5. The quantitative estimate of drug-likeness (QED) is 0.704. The molecule has 0 bridgehead atoms. The minimum absolute atomic E-state index is 0.0679. The number of nitrogens with zero attached hydrogens (tertiary/aromatic N) is 3. The molecule has 2 aromatic carbocycles. The Morgan fingerprint density at radius 1 is 1.04 bits per heavy atom. The zero-order valence-corrected chi connectivity index (χ0v) is 12.5. The number of aromatic nitrogens is 2. The van der Waals surface area contributed by atoms with E-state index in [1.165, 1.54) is 6.07 Å². The first-order valence-electron chi connectivity index (χ1n) is 7.17. The predicted octanol–water partition coefficient (Wildman–Crippen LogP) is 4.62. The van der Waals surface area contributed by atoms with Gasteiger partial charge in [0.1, 0.15) is 0 Å². The van der Waals surface area contributed by atoms with Crippen molar-refractivity contribution in [2.45, 2.75) is 12.6 Å². The van der Waals surface area contributed by atoms with Crippen LogP contribution in [0, 0.1) is 11.3 Å². The van der Waals surface area contributed by atoms with E-state index in [0.29, 0.717) is 16.8 Å². The highest BCUT2D eigenvalue weighted by Gasteiger charge is 2.30. The molecule has 0 fully saturated rings. The third-order valence-corrected chi connectivity index (χ3v) is 3.54. The van der Waals surface area contributed by atoms with E-state index in [1.54, 1.807) is 16.9 Å². The minimum atomic E-state index is -4.42. The molecule has 3 rings (SSSR count). The fourth-order valence-corrected chi connectivity index (χ4v) is 2.42. The maximum absolute atomic E-state index is 12.9. The Morgan fingerprint density at radius 2 is 1.79 bits per heavy atom. The van der Waals surface area contributed by atoms with Gasteiger partial charge in [-0.3, -0.25) is 0 Å². The van der Waals surface area contributed by atoms with Gasteiger partial charge in [0.2, 0.25) is 0 Å². The zero-order chi connectivity index (χ0) is 17.2. The summed E-state index contributed by atoms with van der Waals surface area (Å²) in [6, 6.07) is 16.2. The van der Waals surface area contributed by atoms with Crippen LogP contribution < -0.4 is 0 Å². The van der Waals surface area contributed by atoms with Crippen LogP contribution in [0.25, 0.3) is 16.9 Å². The van der Waals surface area contributed by atoms with Crippen molar-refractivity contribution in [2.75, 3.05) is 0 Å². The average Bonchev–Trinajstić information content (AvgIpc) is 2.99. The summed E-state index contributed by atoms with van der Waals surface area (Å²) in [6.07, 6.45) is -2.68. The van der Waals surface area contributed by atoms with Crippen molar-refractivity contribution in [2.24, 2.45) is 0 Å². The van der Waals surface area contributed by atoms with Crippen LogP contribution in [0.4, 0.5) is 13.2 Å². The second-order valence-electron chi connectivity index (χ2n) is 5.20. The Morgan fingerprint density at radius 3 is 2.46 bits per heavy atom. The molecule has 120 valence electrons. The van der Waals surface area contributed by atoms with Gasteiger partial charge in [-0.15, -0.1) is 0 Å². The summed E-state index contributed by atoms with van der Waals surface area (Å²) in [5.41, 5.74) is 1.34. The van der Waals surface area contributed by atoms with Gasteiger partial charge in [-0.1, -0.05) is 30.3 Å². The summed E-state index contributed by atoms with van der Waals surface area (Å²) in [5, 5.41) is 13.4. The number of para-hydroxylation sites is 1. The molecule has 24 heavy (non-hydrogen) atoms. The van der Waals surface area contributed by atoms with Gasteiger partial charge in [0, 0.05) is 17.3 Å². The van der Waals surface area contributed by atoms with Crippen molar-refractivity contribution in [3.63, 3.8) is 0 Å². The van der Waals surface area contributed by atoms with E-state index in [2.05, 4.69) is 5.10 Å². The molecule has 0 atom stereocenters. The topological polar surface area (TPSA) is 41.6 Å². The Hall–Kier alpha value is -3.07. The first-order valence-corrected chi connectivity index (χ1v) is 7.17. The largest absolute Gasteiger partial charge is 0.416 e. The molecule has 3 nitrogen and oxygen atoms in total. The summed E-state index contributed by atoms with van der Waals surface area (Å²) in [6.45, 7) is 0. The number of halogens is 3. The number of rotatable bonds is 3. The molecule has 6 heteroatoms. The molecule has 0 unspecified atom stereocenters. The summed E-state index contributed by atoms with van der Waals surface area (Å²) < 4.78 is 40.3.